The molecular weight excluding hydrogens is 731 g/mol. The van der Waals surface area contributed by atoms with Gasteiger partial charge < -0.3 is 20.3 Å². The van der Waals surface area contributed by atoms with E-state index in [1.165, 1.54) is 167 Å². The summed E-state index contributed by atoms with van der Waals surface area (Å²) < 4.78 is 5.45. The highest BCUT2D eigenvalue weighted by Gasteiger charge is 2.20. The standard InChI is InChI=1S/C53H99NO5/c1-3-5-7-9-11-13-15-16-23-27-31-35-39-43-47-53(58)59-48-44-40-36-32-28-24-21-19-17-18-20-22-26-30-34-38-42-46-52(57)54-50(49-55)51(56)45-41-37-33-29-25-14-12-10-8-6-4-2/h9,11,15-17,19,50-51,55-56H,3-8,10,12-14,18,20-49H2,1-2H3,(H,54,57)/b11-9-,16-15-,19-17-. The highest BCUT2D eigenvalue weighted by molar-refractivity contribution is 5.76. The number of carbonyl (C=O) groups is 2. The first-order chi connectivity index (χ1) is 29.0. The number of rotatable bonds is 47. The predicted molar refractivity (Wildman–Crippen MR) is 255 cm³/mol. The van der Waals surface area contributed by atoms with Gasteiger partial charge in [0.2, 0.25) is 5.91 Å². The Bertz CT molecular complexity index is 962. The van der Waals surface area contributed by atoms with E-state index in [9.17, 15) is 19.8 Å². The van der Waals surface area contributed by atoms with Crippen LogP contribution in [0.3, 0.4) is 0 Å². The molecule has 0 radical (unpaired) electrons. The monoisotopic (exact) mass is 830 g/mol. The molecule has 0 aliphatic rings. The van der Waals surface area contributed by atoms with Crippen molar-refractivity contribution in [1.29, 1.82) is 0 Å². The molecule has 0 aliphatic carbocycles. The van der Waals surface area contributed by atoms with Crippen LogP contribution in [0.15, 0.2) is 36.5 Å². The van der Waals surface area contributed by atoms with E-state index in [0.29, 0.717) is 25.9 Å². The summed E-state index contributed by atoms with van der Waals surface area (Å²) in [6.07, 6.45) is 58.3. The van der Waals surface area contributed by atoms with Gasteiger partial charge in [-0.15, -0.1) is 0 Å². The van der Waals surface area contributed by atoms with E-state index in [-0.39, 0.29) is 18.5 Å². The van der Waals surface area contributed by atoms with Crippen molar-refractivity contribution < 1.29 is 24.5 Å². The highest BCUT2D eigenvalue weighted by Crippen LogP contribution is 2.15. The van der Waals surface area contributed by atoms with Gasteiger partial charge in [0, 0.05) is 12.8 Å². The predicted octanol–water partition coefficient (Wildman–Crippen LogP) is 15.3. The maximum atomic E-state index is 12.4. The van der Waals surface area contributed by atoms with E-state index < -0.39 is 12.1 Å². The second-order valence-electron chi connectivity index (χ2n) is 17.5. The van der Waals surface area contributed by atoms with Crippen LogP contribution in [0.4, 0.5) is 0 Å². The molecule has 0 aromatic rings. The van der Waals surface area contributed by atoms with Crippen molar-refractivity contribution in [2.24, 2.45) is 0 Å². The number of hydrogen-bond donors (Lipinski definition) is 3. The Morgan fingerprint density at radius 2 is 0.864 bits per heavy atom. The number of aliphatic hydroxyl groups excluding tert-OH is 2. The van der Waals surface area contributed by atoms with Crippen molar-refractivity contribution in [3.8, 4) is 0 Å². The Balaban J connectivity index is 3.46. The minimum absolute atomic E-state index is 0.0171. The molecule has 0 aromatic heterocycles. The molecule has 0 bridgehead atoms. The molecule has 0 aliphatic heterocycles. The number of nitrogens with one attached hydrogen (secondary N) is 1. The van der Waals surface area contributed by atoms with E-state index in [0.717, 1.165) is 64.2 Å². The fourth-order valence-corrected chi connectivity index (χ4v) is 7.65. The molecule has 0 heterocycles. The number of ether oxygens (including phenoxy) is 1. The van der Waals surface area contributed by atoms with Crippen molar-refractivity contribution >= 4 is 11.9 Å². The van der Waals surface area contributed by atoms with Crippen LogP contribution in [-0.2, 0) is 14.3 Å². The lowest BCUT2D eigenvalue weighted by molar-refractivity contribution is -0.143. The van der Waals surface area contributed by atoms with Gasteiger partial charge >= 0.3 is 5.97 Å². The average molecular weight is 830 g/mol. The van der Waals surface area contributed by atoms with Crippen molar-refractivity contribution in [1.82, 2.24) is 5.32 Å². The van der Waals surface area contributed by atoms with Crippen LogP contribution in [0.25, 0.3) is 0 Å². The van der Waals surface area contributed by atoms with Crippen LogP contribution in [0.5, 0.6) is 0 Å². The zero-order valence-corrected chi connectivity index (χ0v) is 39.2. The first-order valence-corrected chi connectivity index (χ1v) is 25.7. The number of unbranched alkanes of at least 4 members (excludes halogenated alkanes) is 30. The molecule has 2 atom stereocenters. The lowest BCUT2D eigenvalue weighted by atomic mass is 10.0. The molecular formula is C53H99NO5. The van der Waals surface area contributed by atoms with Crippen LogP contribution in [-0.4, -0.2) is 47.4 Å². The van der Waals surface area contributed by atoms with E-state index in [1.54, 1.807) is 0 Å². The summed E-state index contributed by atoms with van der Waals surface area (Å²) in [7, 11) is 0. The summed E-state index contributed by atoms with van der Waals surface area (Å²) in [6.45, 7) is 4.87. The van der Waals surface area contributed by atoms with Crippen molar-refractivity contribution in [2.75, 3.05) is 13.2 Å². The van der Waals surface area contributed by atoms with Gasteiger partial charge in [0.25, 0.3) is 0 Å². The molecule has 0 saturated carbocycles. The first-order valence-electron chi connectivity index (χ1n) is 25.7. The molecule has 0 fully saturated rings. The molecule has 3 N–H and O–H groups in total. The van der Waals surface area contributed by atoms with Gasteiger partial charge in [0.15, 0.2) is 0 Å². The quantitative estimate of drug-likeness (QED) is 0.0323. The fourth-order valence-electron chi connectivity index (χ4n) is 7.65. The second kappa shape index (κ2) is 48.7. The van der Waals surface area contributed by atoms with Crippen LogP contribution < -0.4 is 5.32 Å². The third-order valence-corrected chi connectivity index (χ3v) is 11.7. The Labute approximate surface area is 366 Å². The van der Waals surface area contributed by atoms with Crippen LogP contribution in [0, 0.1) is 0 Å². The number of aliphatic hydroxyl groups is 2. The van der Waals surface area contributed by atoms with Crippen molar-refractivity contribution in [3.05, 3.63) is 36.5 Å². The minimum Gasteiger partial charge on any atom is -0.466 e. The van der Waals surface area contributed by atoms with Gasteiger partial charge in [-0.3, -0.25) is 9.59 Å². The topological polar surface area (TPSA) is 95.9 Å². The number of carbonyl (C=O) groups excluding carboxylic acids is 2. The molecule has 59 heavy (non-hydrogen) atoms. The van der Waals surface area contributed by atoms with Crippen molar-refractivity contribution in [3.63, 3.8) is 0 Å². The summed E-state index contributed by atoms with van der Waals surface area (Å²) in [4.78, 5) is 24.4. The first kappa shape index (κ1) is 57.1. The molecule has 0 spiro atoms. The number of hydrogen-bond acceptors (Lipinski definition) is 5. The maximum Gasteiger partial charge on any atom is 0.305 e. The van der Waals surface area contributed by atoms with E-state index in [1.807, 2.05) is 0 Å². The summed E-state index contributed by atoms with van der Waals surface area (Å²) in [5.74, 6) is -0.0666. The largest absolute Gasteiger partial charge is 0.466 e. The molecule has 0 rings (SSSR count). The maximum absolute atomic E-state index is 12.4. The fraction of sp³-hybridized carbons (Fsp3) is 0.849. The Hall–Kier alpha value is -1.92. The third kappa shape index (κ3) is 45.4. The van der Waals surface area contributed by atoms with E-state index in [4.69, 9.17) is 4.74 Å². The smallest absolute Gasteiger partial charge is 0.305 e. The zero-order chi connectivity index (χ0) is 43.0. The number of amides is 1. The van der Waals surface area contributed by atoms with Gasteiger partial charge in [-0.1, -0.05) is 211 Å². The summed E-state index contributed by atoms with van der Waals surface area (Å²) in [5.41, 5.74) is 0. The Morgan fingerprint density at radius 1 is 0.475 bits per heavy atom. The number of esters is 1. The van der Waals surface area contributed by atoms with Crippen LogP contribution in [0.2, 0.25) is 0 Å². The molecule has 2 unspecified atom stereocenters. The molecule has 6 heteroatoms. The SMILES string of the molecule is CCCC/C=C\C/C=C\CCCCCCCC(=O)OCCCCCCCC/C=C\CCCCCCCCCC(=O)NC(CO)C(O)CCCCCCCCCCCCC. The Morgan fingerprint density at radius 3 is 1.36 bits per heavy atom. The second-order valence-corrected chi connectivity index (χ2v) is 17.5. The summed E-state index contributed by atoms with van der Waals surface area (Å²) >= 11 is 0. The molecule has 0 saturated heterocycles. The molecule has 1 amide bonds. The third-order valence-electron chi connectivity index (χ3n) is 11.7. The van der Waals surface area contributed by atoms with E-state index >= 15 is 0 Å². The van der Waals surface area contributed by atoms with Gasteiger partial charge in [0.1, 0.15) is 0 Å². The van der Waals surface area contributed by atoms with Crippen LogP contribution in [0.1, 0.15) is 264 Å². The Kier molecular flexibility index (Phi) is 47.2. The minimum atomic E-state index is -0.671. The average Bonchev–Trinajstić information content (AvgIpc) is 3.24. The zero-order valence-electron chi connectivity index (χ0n) is 39.2. The molecule has 6 nitrogen and oxygen atoms in total. The molecule has 346 valence electrons. The van der Waals surface area contributed by atoms with Crippen LogP contribution >= 0.6 is 0 Å². The normalized spacial score (nSPS) is 12.9. The van der Waals surface area contributed by atoms with Gasteiger partial charge in [-0.05, 0) is 77.0 Å². The van der Waals surface area contributed by atoms with Crippen molar-refractivity contribution in [2.45, 2.75) is 276 Å². The molecule has 0 aromatic carbocycles. The lowest BCUT2D eigenvalue weighted by Gasteiger charge is -2.22. The highest BCUT2D eigenvalue weighted by atomic mass is 16.5. The van der Waals surface area contributed by atoms with Gasteiger partial charge in [-0.25, -0.2) is 0 Å². The summed E-state index contributed by atoms with van der Waals surface area (Å²) in [5, 5.41) is 23.1. The van der Waals surface area contributed by atoms with Gasteiger partial charge in [0.05, 0.1) is 25.4 Å². The lowest BCUT2D eigenvalue weighted by Crippen LogP contribution is -2.45. The summed E-state index contributed by atoms with van der Waals surface area (Å²) in [6, 6.07) is -0.549. The van der Waals surface area contributed by atoms with Gasteiger partial charge in [-0.2, -0.15) is 0 Å². The van der Waals surface area contributed by atoms with E-state index in [2.05, 4.69) is 55.6 Å². The number of allylic oxidation sites excluding steroid dienone is 6.